The molecule has 2 unspecified atom stereocenters. The Hall–Kier alpha value is -1.44. The van der Waals surface area contributed by atoms with E-state index >= 15 is 0 Å². The molecule has 110 valence electrons. The van der Waals surface area contributed by atoms with Gasteiger partial charge in [-0.25, -0.2) is 13.1 Å². The molecular formula is C13H18N2O4S. The number of hydrogen-bond acceptors (Lipinski definition) is 4. The second-order valence-electron chi connectivity index (χ2n) is 4.95. The van der Waals surface area contributed by atoms with E-state index in [1.165, 1.54) is 0 Å². The molecule has 0 radical (unpaired) electrons. The molecule has 2 rings (SSSR count). The van der Waals surface area contributed by atoms with E-state index in [1.807, 2.05) is 0 Å². The second kappa shape index (κ2) is 5.51. The topological polar surface area (TPSA) is 95.5 Å². The van der Waals surface area contributed by atoms with Gasteiger partial charge in [-0.1, -0.05) is 13.0 Å². The van der Waals surface area contributed by atoms with Crippen molar-refractivity contribution in [2.24, 2.45) is 0 Å². The van der Waals surface area contributed by atoms with Crippen molar-refractivity contribution < 1.29 is 18.3 Å². The molecule has 1 aliphatic carbocycles. The van der Waals surface area contributed by atoms with E-state index in [1.54, 1.807) is 25.1 Å². The number of aliphatic hydroxyl groups is 1. The van der Waals surface area contributed by atoms with Crippen LogP contribution in [0.1, 0.15) is 30.5 Å². The van der Waals surface area contributed by atoms with Gasteiger partial charge in [0.25, 0.3) is 0 Å². The molecule has 2 atom stereocenters. The predicted molar refractivity (Wildman–Crippen MR) is 75.8 cm³/mol. The average Bonchev–Trinajstić information content (AvgIpc) is 2.64. The van der Waals surface area contributed by atoms with Gasteiger partial charge in [0, 0.05) is 18.5 Å². The lowest BCUT2D eigenvalue weighted by molar-refractivity contribution is -0.115. The van der Waals surface area contributed by atoms with Crippen molar-refractivity contribution in [3.05, 3.63) is 29.3 Å². The molecule has 6 nitrogen and oxygen atoms in total. The maximum absolute atomic E-state index is 11.4. The number of nitrogens with one attached hydrogen (secondary N) is 2. The summed E-state index contributed by atoms with van der Waals surface area (Å²) in [5.74, 6) is -0.115. The van der Waals surface area contributed by atoms with E-state index in [-0.39, 0.29) is 5.91 Å². The minimum atomic E-state index is -3.42. The van der Waals surface area contributed by atoms with Gasteiger partial charge in [0.15, 0.2) is 0 Å². The lowest BCUT2D eigenvalue weighted by Gasteiger charge is -2.17. The fourth-order valence-electron chi connectivity index (χ4n) is 2.32. The van der Waals surface area contributed by atoms with Crippen molar-refractivity contribution in [3.8, 4) is 0 Å². The Morgan fingerprint density at radius 1 is 1.45 bits per heavy atom. The molecule has 0 saturated heterocycles. The Kier molecular flexibility index (Phi) is 4.12. The summed E-state index contributed by atoms with van der Waals surface area (Å²) in [5, 5.41) is 12.7. The first-order chi connectivity index (χ1) is 9.30. The first kappa shape index (κ1) is 15.0. The highest BCUT2D eigenvalue weighted by Crippen LogP contribution is 2.33. The molecule has 1 aliphatic rings. The number of benzene rings is 1. The van der Waals surface area contributed by atoms with E-state index in [9.17, 15) is 18.3 Å². The summed E-state index contributed by atoms with van der Waals surface area (Å²) in [6, 6.07) is 4.59. The van der Waals surface area contributed by atoms with Gasteiger partial charge >= 0.3 is 0 Å². The van der Waals surface area contributed by atoms with Crippen LogP contribution < -0.4 is 10.0 Å². The summed E-state index contributed by atoms with van der Waals surface area (Å²) in [6.07, 6.45) is 1.02. The summed E-state index contributed by atoms with van der Waals surface area (Å²) in [7, 11) is -3.42. The number of aliphatic hydroxyl groups excluding tert-OH is 1. The normalized spacial score (nSPS) is 21.6. The van der Waals surface area contributed by atoms with Crippen LogP contribution in [0.25, 0.3) is 0 Å². The zero-order valence-electron chi connectivity index (χ0n) is 11.4. The van der Waals surface area contributed by atoms with Gasteiger partial charge < -0.3 is 10.4 Å². The van der Waals surface area contributed by atoms with Crippen LogP contribution in [0.5, 0.6) is 0 Å². The zero-order valence-corrected chi connectivity index (χ0v) is 12.2. The lowest BCUT2D eigenvalue weighted by Crippen LogP contribution is -2.33. The second-order valence-corrected chi connectivity index (χ2v) is 6.73. The number of sulfonamides is 1. The third-order valence-corrected chi connectivity index (χ3v) is 3.92. The smallest absolute Gasteiger partial charge is 0.224 e. The number of hydrogen-bond donors (Lipinski definition) is 3. The standard InChI is InChI=1S/C13H18N2O4S/c1-3-12(17)14-9-5-4-8-6-11(16)13(10(8)7-9)15-20(2,18)19/h4-5,7,11,13,15-16H,3,6H2,1-2H3,(H,14,17). The minimum absolute atomic E-state index is 0.115. The summed E-state index contributed by atoms with van der Waals surface area (Å²) >= 11 is 0. The van der Waals surface area contributed by atoms with Crippen molar-refractivity contribution in [2.45, 2.75) is 31.9 Å². The zero-order chi connectivity index (χ0) is 14.9. The maximum Gasteiger partial charge on any atom is 0.224 e. The molecule has 1 amide bonds. The monoisotopic (exact) mass is 298 g/mol. The number of carbonyl (C=O) groups excluding carboxylic acids is 1. The fourth-order valence-corrected chi connectivity index (χ4v) is 3.07. The molecular weight excluding hydrogens is 280 g/mol. The average molecular weight is 298 g/mol. The molecule has 0 spiro atoms. The SMILES string of the molecule is CCC(=O)Nc1ccc2c(c1)C(NS(C)(=O)=O)C(O)C2. The largest absolute Gasteiger partial charge is 0.391 e. The predicted octanol–water partition coefficient (Wildman–Crippen LogP) is 0.542. The highest BCUT2D eigenvalue weighted by Gasteiger charge is 2.33. The molecule has 0 aromatic heterocycles. The molecule has 0 saturated carbocycles. The first-order valence-corrected chi connectivity index (χ1v) is 8.27. The summed E-state index contributed by atoms with van der Waals surface area (Å²) in [6.45, 7) is 1.75. The number of anilines is 1. The highest BCUT2D eigenvalue weighted by molar-refractivity contribution is 7.88. The van der Waals surface area contributed by atoms with E-state index < -0.39 is 22.2 Å². The van der Waals surface area contributed by atoms with Gasteiger partial charge in [0.05, 0.1) is 18.4 Å². The number of fused-ring (bicyclic) bond motifs is 1. The third kappa shape index (κ3) is 3.36. The molecule has 0 bridgehead atoms. The summed E-state index contributed by atoms with van der Waals surface area (Å²) in [4.78, 5) is 11.4. The molecule has 20 heavy (non-hydrogen) atoms. The lowest BCUT2D eigenvalue weighted by atomic mass is 10.1. The van der Waals surface area contributed by atoms with Crippen LogP contribution in [0, 0.1) is 0 Å². The van der Waals surface area contributed by atoms with E-state index in [0.29, 0.717) is 24.1 Å². The molecule has 7 heteroatoms. The summed E-state index contributed by atoms with van der Waals surface area (Å²) in [5.41, 5.74) is 2.19. The third-order valence-electron chi connectivity index (χ3n) is 3.24. The van der Waals surface area contributed by atoms with Crippen LogP contribution in [-0.4, -0.2) is 31.8 Å². The Morgan fingerprint density at radius 3 is 2.75 bits per heavy atom. The Morgan fingerprint density at radius 2 is 2.15 bits per heavy atom. The molecule has 0 fully saturated rings. The highest BCUT2D eigenvalue weighted by atomic mass is 32.2. The van der Waals surface area contributed by atoms with Crippen LogP contribution in [0.15, 0.2) is 18.2 Å². The van der Waals surface area contributed by atoms with Crippen molar-refractivity contribution in [1.29, 1.82) is 0 Å². The van der Waals surface area contributed by atoms with Gasteiger partial charge in [0.1, 0.15) is 0 Å². The molecule has 1 aromatic carbocycles. The quantitative estimate of drug-likeness (QED) is 0.756. The van der Waals surface area contributed by atoms with Crippen LogP contribution in [-0.2, 0) is 21.2 Å². The maximum atomic E-state index is 11.4. The van der Waals surface area contributed by atoms with E-state index in [4.69, 9.17) is 0 Å². The van der Waals surface area contributed by atoms with Crippen LogP contribution in [0.2, 0.25) is 0 Å². The molecule has 0 aliphatic heterocycles. The number of carbonyl (C=O) groups is 1. The van der Waals surface area contributed by atoms with Crippen molar-refractivity contribution >= 4 is 21.6 Å². The van der Waals surface area contributed by atoms with Gasteiger partial charge in [-0.2, -0.15) is 0 Å². The van der Waals surface area contributed by atoms with Crippen LogP contribution in [0.4, 0.5) is 5.69 Å². The van der Waals surface area contributed by atoms with Gasteiger partial charge in [-0.05, 0) is 23.3 Å². The summed E-state index contributed by atoms with van der Waals surface area (Å²) < 4.78 is 25.1. The fraction of sp³-hybridized carbons (Fsp3) is 0.462. The van der Waals surface area contributed by atoms with Crippen LogP contribution >= 0.6 is 0 Å². The molecule has 1 aromatic rings. The van der Waals surface area contributed by atoms with Gasteiger partial charge in [0.2, 0.25) is 15.9 Å². The minimum Gasteiger partial charge on any atom is -0.391 e. The van der Waals surface area contributed by atoms with E-state index in [0.717, 1.165) is 11.8 Å². The number of amides is 1. The van der Waals surface area contributed by atoms with Crippen molar-refractivity contribution in [3.63, 3.8) is 0 Å². The Balaban J connectivity index is 2.30. The van der Waals surface area contributed by atoms with Crippen molar-refractivity contribution in [1.82, 2.24) is 4.72 Å². The van der Waals surface area contributed by atoms with Gasteiger partial charge in [-0.3, -0.25) is 4.79 Å². The molecule has 0 heterocycles. The Bertz CT molecular complexity index is 627. The van der Waals surface area contributed by atoms with Crippen LogP contribution in [0.3, 0.4) is 0 Å². The van der Waals surface area contributed by atoms with E-state index in [2.05, 4.69) is 10.0 Å². The van der Waals surface area contributed by atoms with Gasteiger partial charge in [-0.15, -0.1) is 0 Å². The molecule has 3 N–H and O–H groups in total. The Labute approximate surface area is 118 Å². The first-order valence-electron chi connectivity index (χ1n) is 6.38. The van der Waals surface area contributed by atoms with Crippen molar-refractivity contribution in [2.75, 3.05) is 11.6 Å². The number of rotatable bonds is 4.